The van der Waals surface area contributed by atoms with E-state index in [2.05, 4.69) is 33.7 Å². The van der Waals surface area contributed by atoms with Gasteiger partial charge in [0.15, 0.2) is 0 Å². The van der Waals surface area contributed by atoms with Crippen LogP contribution in [-0.4, -0.2) is 65.7 Å². The molecule has 0 saturated carbocycles. The third kappa shape index (κ3) is 9.60. The highest BCUT2D eigenvalue weighted by Crippen LogP contribution is 2.20. The molecule has 9 nitrogen and oxygen atoms in total. The van der Waals surface area contributed by atoms with Gasteiger partial charge in [0.05, 0.1) is 18.1 Å². The fourth-order valence-corrected chi connectivity index (χ4v) is 5.07. The van der Waals surface area contributed by atoms with Gasteiger partial charge < -0.3 is 20.5 Å². The molecule has 4 rings (SSSR count). The lowest BCUT2D eigenvalue weighted by atomic mass is 10.0. The molecule has 3 aromatic rings. The van der Waals surface area contributed by atoms with Crippen molar-refractivity contribution in [3.63, 3.8) is 0 Å². The maximum absolute atomic E-state index is 12.7. The number of para-hydroxylation sites is 1. The van der Waals surface area contributed by atoms with Gasteiger partial charge in [-0.1, -0.05) is 42.5 Å². The summed E-state index contributed by atoms with van der Waals surface area (Å²) in [5.74, 6) is 0.301. The Balaban J connectivity index is 1.29. The second-order valence-corrected chi connectivity index (χ2v) is 10.5. The molecule has 0 spiro atoms. The Morgan fingerprint density at radius 1 is 1.05 bits per heavy atom. The summed E-state index contributed by atoms with van der Waals surface area (Å²) in [5.41, 5.74) is 3.34. The van der Waals surface area contributed by atoms with Gasteiger partial charge >= 0.3 is 5.97 Å². The van der Waals surface area contributed by atoms with E-state index >= 15 is 0 Å². The normalized spacial score (nSPS) is 13.0. The molecule has 2 aromatic carbocycles. The highest BCUT2D eigenvalue weighted by atomic mass is 16.5. The van der Waals surface area contributed by atoms with Crippen LogP contribution in [-0.2, 0) is 28.9 Å². The van der Waals surface area contributed by atoms with Crippen molar-refractivity contribution in [2.24, 2.45) is 0 Å². The van der Waals surface area contributed by atoms with Crippen molar-refractivity contribution in [3.05, 3.63) is 89.1 Å². The second-order valence-electron chi connectivity index (χ2n) is 10.5. The van der Waals surface area contributed by atoms with Crippen LogP contribution in [0.15, 0.2) is 66.7 Å². The smallest absolute Gasteiger partial charge is 0.326 e. The Bertz CT molecular complexity index is 1360. The summed E-state index contributed by atoms with van der Waals surface area (Å²) in [4.78, 5) is 31.7. The number of rotatable bonds is 16. The molecular weight excluding hydrogens is 530 g/mol. The first kappa shape index (κ1) is 30.5. The van der Waals surface area contributed by atoms with Gasteiger partial charge in [-0.3, -0.25) is 9.69 Å². The van der Waals surface area contributed by atoms with Crippen molar-refractivity contribution < 1.29 is 19.4 Å². The van der Waals surface area contributed by atoms with Crippen molar-refractivity contribution >= 4 is 17.7 Å². The molecule has 3 N–H and O–H groups in total. The number of carboxylic acids is 1. The number of pyridine rings is 1. The third-order valence-electron chi connectivity index (χ3n) is 7.38. The lowest BCUT2D eigenvalue weighted by molar-refractivity contribution is -0.142. The summed E-state index contributed by atoms with van der Waals surface area (Å²) in [6.45, 7) is 3.33. The quantitative estimate of drug-likeness (QED) is 0.219. The van der Waals surface area contributed by atoms with Gasteiger partial charge in [0.25, 0.3) is 0 Å². The lowest BCUT2D eigenvalue weighted by Crippen LogP contribution is -2.44. The summed E-state index contributed by atoms with van der Waals surface area (Å²) < 4.78 is 5.90. The Morgan fingerprint density at radius 2 is 1.86 bits per heavy atom. The number of aromatic nitrogens is 1. The van der Waals surface area contributed by atoms with E-state index < -0.39 is 17.9 Å². The minimum atomic E-state index is -1.08. The van der Waals surface area contributed by atoms with E-state index in [4.69, 9.17) is 9.72 Å². The average Bonchev–Trinajstić information content (AvgIpc) is 3.01. The fourth-order valence-electron chi connectivity index (χ4n) is 5.07. The molecule has 0 unspecified atom stereocenters. The second kappa shape index (κ2) is 16.1. The van der Waals surface area contributed by atoms with Crippen LogP contribution in [0, 0.1) is 11.3 Å². The molecule has 0 fully saturated rings. The van der Waals surface area contributed by atoms with Crippen molar-refractivity contribution in [3.8, 4) is 11.8 Å². The number of carboxylic acid groups (broad SMARTS) is 1. The fraction of sp³-hybridized carbons (Fsp3) is 0.394. The number of amides is 1. The van der Waals surface area contributed by atoms with E-state index in [0.717, 1.165) is 62.5 Å². The summed E-state index contributed by atoms with van der Waals surface area (Å²) >= 11 is 0. The molecule has 0 bridgehead atoms. The number of aliphatic carboxylic acids is 1. The van der Waals surface area contributed by atoms with E-state index in [0.29, 0.717) is 30.8 Å². The number of unbranched alkanes of at least 4 members (excludes halogenated alkanes) is 1. The number of hydrogen-bond donors (Lipinski definition) is 3. The van der Waals surface area contributed by atoms with E-state index in [1.54, 1.807) is 24.3 Å². The number of anilines is 1. The average molecular weight is 570 g/mol. The first-order valence-corrected chi connectivity index (χ1v) is 14.6. The standard InChI is InChI=1S/C33H39N5O4/c34-24-27-10-5-4-9-26(27)23-31(39)37-30(33(40)41)17-20-38(21-22-42-29-13-2-1-3-14-29)19-7-6-12-28-16-15-25-11-8-18-35-32(25)36-28/h1-5,9-10,13-16,30H,6-8,11-12,17-23H2,(H,35,36)(H,37,39)(H,40,41)/t30-/m0/s1. The first-order valence-electron chi connectivity index (χ1n) is 14.6. The van der Waals surface area contributed by atoms with Crippen LogP contribution >= 0.6 is 0 Å². The number of carbonyl (C=O) groups is 2. The number of aryl methyl sites for hydroxylation is 2. The van der Waals surface area contributed by atoms with Crippen LogP contribution in [0.3, 0.4) is 0 Å². The maximum atomic E-state index is 12.7. The Kier molecular flexibility index (Phi) is 11.7. The molecule has 1 aliphatic rings. The van der Waals surface area contributed by atoms with E-state index in [1.165, 1.54) is 5.56 Å². The van der Waals surface area contributed by atoms with Crippen molar-refractivity contribution in [2.45, 2.75) is 51.0 Å². The number of nitrogens with one attached hydrogen (secondary N) is 2. The van der Waals surface area contributed by atoms with Crippen LogP contribution in [0.5, 0.6) is 5.75 Å². The maximum Gasteiger partial charge on any atom is 0.326 e. The Morgan fingerprint density at radius 3 is 2.67 bits per heavy atom. The molecule has 1 amide bonds. The van der Waals surface area contributed by atoms with Crippen LogP contribution in [0.2, 0.25) is 0 Å². The molecule has 1 aliphatic heterocycles. The number of fused-ring (bicyclic) bond motifs is 1. The van der Waals surface area contributed by atoms with Gasteiger partial charge in [0, 0.05) is 25.3 Å². The van der Waals surface area contributed by atoms with Gasteiger partial charge in [0.2, 0.25) is 5.91 Å². The third-order valence-corrected chi connectivity index (χ3v) is 7.38. The summed E-state index contributed by atoms with van der Waals surface area (Å²) in [5, 5.41) is 25.2. The van der Waals surface area contributed by atoms with Crippen LogP contribution in [0.1, 0.15) is 48.1 Å². The van der Waals surface area contributed by atoms with Crippen molar-refractivity contribution in [2.75, 3.05) is 38.1 Å². The molecular formula is C33H39N5O4. The highest BCUT2D eigenvalue weighted by Gasteiger charge is 2.22. The minimum Gasteiger partial charge on any atom is -0.492 e. The Hall–Kier alpha value is -4.42. The number of benzene rings is 2. The minimum absolute atomic E-state index is 0.0472. The number of carbonyl (C=O) groups excluding carboxylic acids is 1. The molecule has 0 saturated heterocycles. The predicted molar refractivity (Wildman–Crippen MR) is 161 cm³/mol. The first-order chi connectivity index (χ1) is 20.5. The molecule has 9 heteroatoms. The molecule has 220 valence electrons. The molecule has 1 aromatic heterocycles. The number of nitriles is 1. The van der Waals surface area contributed by atoms with Crippen LogP contribution in [0.25, 0.3) is 0 Å². The zero-order valence-corrected chi connectivity index (χ0v) is 23.9. The summed E-state index contributed by atoms with van der Waals surface area (Å²) in [6.07, 6.45) is 5.17. The summed E-state index contributed by atoms with van der Waals surface area (Å²) in [7, 11) is 0. The number of ether oxygens (including phenoxy) is 1. The predicted octanol–water partition coefficient (Wildman–Crippen LogP) is 4.22. The van der Waals surface area contributed by atoms with Crippen LogP contribution in [0.4, 0.5) is 5.82 Å². The summed E-state index contributed by atoms with van der Waals surface area (Å²) in [6, 6.07) is 21.8. The zero-order chi connectivity index (χ0) is 29.6. The highest BCUT2D eigenvalue weighted by molar-refractivity contribution is 5.85. The van der Waals surface area contributed by atoms with E-state index in [1.807, 2.05) is 30.3 Å². The van der Waals surface area contributed by atoms with Crippen molar-refractivity contribution in [1.29, 1.82) is 5.26 Å². The van der Waals surface area contributed by atoms with Gasteiger partial charge in [-0.25, -0.2) is 9.78 Å². The van der Waals surface area contributed by atoms with Crippen molar-refractivity contribution in [1.82, 2.24) is 15.2 Å². The monoisotopic (exact) mass is 569 g/mol. The lowest BCUT2D eigenvalue weighted by Gasteiger charge is -2.24. The zero-order valence-electron chi connectivity index (χ0n) is 23.9. The van der Waals surface area contributed by atoms with Gasteiger partial charge in [0.1, 0.15) is 24.2 Å². The SMILES string of the molecule is N#Cc1ccccc1CC(=O)N[C@@H](CCN(CCCCc1ccc2c(n1)NCCC2)CCOc1ccccc1)C(=O)O. The molecule has 0 aliphatic carbocycles. The van der Waals surface area contributed by atoms with Gasteiger partial charge in [-0.2, -0.15) is 5.26 Å². The molecule has 42 heavy (non-hydrogen) atoms. The number of nitrogens with zero attached hydrogens (tertiary/aromatic N) is 3. The Labute approximate surface area is 247 Å². The van der Waals surface area contributed by atoms with Crippen LogP contribution < -0.4 is 15.4 Å². The van der Waals surface area contributed by atoms with E-state index in [-0.39, 0.29) is 12.8 Å². The van der Waals surface area contributed by atoms with Gasteiger partial charge in [-0.15, -0.1) is 0 Å². The molecule has 0 radical (unpaired) electrons. The van der Waals surface area contributed by atoms with E-state index in [9.17, 15) is 20.0 Å². The topological polar surface area (TPSA) is 128 Å². The molecule has 2 heterocycles. The number of hydrogen-bond acceptors (Lipinski definition) is 7. The largest absolute Gasteiger partial charge is 0.492 e. The molecule has 1 atom stereocenters. The van der Waals surface area contributed by atoms with Gasteiger partial charge in [-0.05, 0) is 80.5 Å².